The highest BCUT2D eigenvalue weighted by molar-refractivity contribution is 9.10. The van der Waals surface area contributed by atoms with Crippen molar-refractivity contribution >= 4 is 39.3 Å². The number of nitrogens with one attached hydrogen (secondary N) is 2. The maximum absolute atomic E-state index is 11.8. The number of anilines is 2. The molecule has 2 aromatic rings. The van der Waals surface area contributed by atoms with E-state index in [9.17, 15) is 9.59 Å². The van der Waals surface area contributed by atoms with E-state index < -0.39 is 12.0 Å². The van der Waals surface area contributed by atoms with Crippen molar-refractivity contribution in [2.75, 3.05) is 10.6 Å². The summed E-state index contributed by atoms with van der Waals surface area (Å²) < 4.78 is 2.12. The Morgan fingerprint density at radius 2 is 2.05 bits per heavy atom. The number of hydrogen-bond acceptors (Lipinski definition) is 3. The van der Waals surface area contributed by atoms with Crippen molar-refractivity contribution in [3.8, 4) is 0 Å². The molecule has 21 heavy (non-hydrogen) atoms. The van der Waals surface area contributed by atoms with E-state index >= 15 is 0 Å². The molecule has 1 aromatic carbocycles. The smallest absolute Gasteiger partial charge is 0.325 e. The van der Waals surface area contributed by atoms with E-state index in [1.54, 1.807) is 12.1 Å². The van der Waals surface area contributed by atoms with Gasteiger partial charge < -0.3 is 15.7 Å². The standard InChI is InChI=1S/C13H13BrN4O3/c1-8-2-3-9(4-11(8)14)16-13(21)17-10-5-15-18(6-10)7-12(19)20/h2-6H,7H2,1H3,(H,19,20)(H2,16,17,21). The van der Waals surface area contributed by atoms with Gasteiger partial charge in [0.15, 0.2) is 0 Å². The van der Waals surface area contributed by atoms with Crippen molar-refractivity contribution in [2.45, 2.75) is 13.5 Å². The molecule has 3 N–H and O–H groups in total. The molecule has 0 radical (unpaired) electrons. The lowest BCUT2D eigenvalue weighted by molar-refractivity contribution is -0.137. The van der Waals surface area contributed by atoms with Crippen LogP contribution in [0.4, 0.5) is 16.2 Å². The zero-order valence-electron chi connectivity index (χ0n) is 11.1. The molecule has 0 bridgehead atoms. The average Bonchev–Trinajstić information content (AvgIpc) is 2.80. The topological polar surface area (TPSA) is 96.3 Å². The quantitative estimate of drug-likeness (QED) is 0.787. The Labute approximate surface area is 129 Å². The Hall–Kier alpha value is -2.35. The van der Waals surface area contributed by atoms with E-state index in [1.165, 1.54) is 17.1 Å². The zero-order chi connectivity index (χ0) is 15.4. The second-order valence-electron chi connectivity index (χ2n) is 4.36. The average molecular weight is 353 g/mol. The molecule has 0 aliphatic rings. The van der Waals surface area contributed by atoms with Gasteiger partial charge in [-0.05, 0) is 24.6 Å². The van der Waals surface area contributed by atoms with Gasteiger partial charge in [-0.2, -0.15) is 5.10 Å². The van der Waals surface area contributed by atoms with Crippen LogP contribution in [0, 0.1) is 6.92 Å². The number of nitrogens with zero attached hydrogens (tertiary/aromatic N) is 2. The maximum atomic E-state index is 11.8. The molecule has 1 heterocycles. The van der Waals surface area contributed by atoms with E-state index in [1.807, 2.05) is 13.0 Å². The summed E-state index contributed by atoms with van der Waals surface area (Å²) in [7, 11) is 0. The van der Waals surface area contributed by atoms with Gasteiger partial charge in [0.05, 0.1) is 11.9 Å². The van der Waals surface area contributed by atoms with Gasteiger partial charge in [-0.3, -0.25) is 9.48 Å². The monoisotopic (exact) mass is 352 g/mol. The molecule has 0 unspecified atom stereocenters. The van der Waals surface area contributed by atoms with Crippen LogP contribution >= 0.6 is 15.9 Å². The number of hydrogen-bond donors (Lipinski definition) is 3. The molecule has 110 valence electrons. The van der Waals surface area contributed by atoms with Gasteiger partial charge in [-0.1, -0.05) is 22.0 Å². The van der Waals surface area contributed by atoms with E-state index in [-0.39, 0.29) is 6.54 Å². The third kappa shape index (κ3) is 4.32. The minimum atomic E-state index is -1.00. The van der Waals surface area contributed by atoms with Crippen LogP contribution in [0.25, 0.3) is 0 Å². The Morgan fingerprint density at radius 3 is 2.71 bits per heavy atom. The van der Waals surface area contributed by atoms with Gasteiger partial charge in [-0.15, -0.1) is 0 Å². The molecule has 0 atom stereocenters. The number of benzene rings is 1. The van der Waals surface area contributed by atoms with Crippen molar-refractivity contribution in [3.05, 3.63) is 40.6 Å². The summed E-state index contributed by atoms with van der Waals surface area (Å²) in [6, 6.07) is 5.03. The lowest BCUT2D eigenvalue weighted by Gasteiger charge is -2.07. The number of aryl methyl sites for hydroxylation is 1. The molecule has 0 saturated heterocycles. The van der Waals surface area contributed by atoms with Gasteiger partial charge in [-0.25, -0.2) is 4.79 Å². The van der Waals surface area contributed by atoms with Crippen molar-refractivity contribution in [2.24, 2.45) is 0 Å². The molecule has 0 spiro atoms. The van der Waals surface area contributed by atoms with Crippen LogP contribution < -0.4 is 10.6 Å². The predicted molar refractivity (Wildman–Crippen MR) is 81.4 cm³/mol. The third-order valence-corrected chi connectivity index (χ3v) is 3.47. The van der Waals surface area contributed by atoms with E-state index in [4.69, 9.17) is 5.11 Å². The molecule has 0 aliphatic carbocycles. The number of aromatic nitrogens is 2. The summed E-state index contributed by atoms with van der Waals surface area (Å²) in [5.74, 6) is -1.00. The van der Waals surface area contributed by atoms with Gasteiger partial charge in [0.2, 0.25) is 0 Å². The Bertz CT molecular complexity index is 684. The van der Waals surface area contributed by atoms with Crippen LogP contribution in [0.3, 0.4) is 0 Å². The summed E-state index contributed by atoms with van der Waals surface area (Å²) >= 11 is 3.39. The SMILES string of the molecule is Cc1ccc(NC(=O)Nc2cnn(CC(=O)O)c2)cc1Br. The minimum absolute atomic E-state index is 0.256. The van der Waals surface area contributed by atoms with Crippen molar-refractivity contribution in [3.63, 3.8) is 0 Å². The predicted octanol–water partition coefficient (Wildman–Crippen LogP) is 2.68. The van der Waals surface area contributed by atoms with Crippen LogP contribution in [-0.4, -0.2) is 26.9 Å². The number of carboxylic acids is 1. The first kappa shape index (κ1) is 15.0. The lowest BCUT2D eigenvalue weighted by Crippen LogP contribution is -2.19. The normalized spacial score (nSPS) is 10.2. The zero-order valence-corrected chi connectivity index (χ0v) is 12.7. The van der Waals surface area contributed by atoms with Crippen LogP contribution in [0.2, 0.25) is 0 Å². The summed E-state index contributed by atoms with van der Waals surface area (Å²) in [5, 5.41) is 17.7. The number of rotatable bonds is 4. The van der Waals surface area contributed by atoms with Crippen LogP contribution in [0.1, 0.15) is 5.56 Å². The van der Waals surface area contributed by atoms with Crippen molar-refractivity contribution < 1.29 is 14.7 Å². The first-order valence-electron chi connectivity index (χ1n) is 6.02. The summed E-state index contributed by atoms with van der Waals surface area (Å²) in [5.41, 5.74) is 2.12. The summed E-state index contributed by atoms with van der Waals surface area (Å²) in [6.07, 6.45) is 2.83. The highest BCUT2D eigenvalue weighted by Crippen LogP contribution is 2.20. The number of aliphatic carboxylic acids is 1. The summed E-state index contributed by atoms with van der Waals surface area (Å²) in [4.78, 5) is 22.4. The number of halogens is 1. The molecule has 2 amide bonds. The lowest BCUT2D eigenvalue weighted by atomic mass is 10.2. The highest BCUT2D eigenvalue weighted by atomic mass is 79.9. The van der Waals surface area contributed by atoms with Crippen LogP contribution in [0.15, 0.2) is 35.1 Å². The van der Waals surface area contributed by atoms with Gasteiger partial charge in [0.25, 0.3) is 0 Å². The van der Waals surface area contributed by atoms with E-state index in [0.717, 1.165) is 10.0 Å². The van der Waals surface area contributed by atoms with Gasteiger partial charge in [0, 0.05) is 16.4 Å². The number of amides is 2. The number of carbonyl (C=O) groups excluding carboxylic acids is 1. The van der Waals surface area contributed by atoms with Crippen molar-refractivity contribution in [1.29, 1.82) is 0 Å². The number of carbonyl (C=O) groups is 2. The minimum Gasteiger partial charge on any atom is -0.480 e. The fourth-order valence-corrected chi connectivity index (χ4v) is 2.00. The third-order valence-electron chi connectivity index (χ3n) is 2.62. The molecule has 2 rings (SSSR count). The second-order valence-corrected chi connectivity index (χ2v) is 5.22. The molecule has 8 heteroatoms. The van der Waals surface area contributed by atoms with Gasteiger partial charge >= 0.3 is 12.0 Å². The second kappa shape index (κ2) is 6.40. The maximum Gasteiger partial charge on any atom is 0.325 e. The molecule has 0 aliphatic heterocycles. The fraction of sp³-hybridized carbons (Fsp3) is 0.154. The Balaban J connectivity index is 1.96. The first-order chi connectivity index (χ1) is 9.94. The van der Waals surface area contributed by atoms with E-state index in [2.05, 4.69) is 31.7 Å². The van der Waals surface area contributed by atoms with Crippen LogP contribution in [-0.2, 0) is 11.3 Å². The van der Waals surface area contributed by atoms with Crippen LogP contribution in [0.5, 0.6) is 0 Å². The molecule has 7 nitrogen and oxygen atoms in total. The number of carboxylic acid groups (broad SMARTS) is 1. The fourth-order valence-electron chi connectivity index (χ4n) is 1.62. The highest BCUT2D eigenvalue weighted by Gasteiger charge is 2.07. The molecular weight excluding hydrogens is 340 g/mol. The van der Waals surface area contributed by atoms with E-state index in [0.29, 0.717) is 11.4 Å². The first-order valence-corrected chi connectivity index (χ1v) is 6.82. The summed E-state index contributed by atoms with van der Waals surface area (Å²) in [6.45, 7) is 1.69. The molecule has 0 saturated carbocycles. The molecule has 0 fully saturated rings. The Morgan fingerprint density at radius 1 is 1.33 bits per heavy atom. The molecular formula is C13H13BrN4O3. The number of urea groups is 1. The van der Waals surface area contributed by atoms with Crippen molar-refractivity contribution in [1.82, 2.24) is 9.78 Å². The molecule has 1 aromatic heterocycles. The Kier molecular flexibility index (Phi) is 4.59. The largest absolute Gasteiger partial charge is 0.480 e. The van der Waals surface area contributed by atoms with Gasteiger partial charge in [0.1, 0.15) is 6.54 Å².